The monoisotopic (exact) mass is 423 g/mol. The fourth-order valence-electron chi connectivity index (χ4n) is 5.47. The van der Waals surface area contributed by atoms with Crippen molar-refractivity contribution in [3.63, 3.8) is 0 Å². The fourth-order valence-corrected chi connectivity index (χ4v) is 5.47. The van der Waals surface area contributed by atoms with Gasteiger partial charge in [0.1, 0.15) is 5.75 Å². The lowest BCUT2D eigenvalue weighted by Crippen LogP contribution is -2.48. The van der Waals surface area contributed by atoms with E-state index in [1.165, 1.54) is 22.3 Å². The fraction of sp³-hybridized carbons (Fsp3) is 0.538. The molecule has 0 amide bonds. The molecule has 0 spiro atoms. The number of aliphatic hydroxyl groups excluding tert-OH is 1. The van der Waals surface area contributed by atoms with Crippen molar-refractivity contribution in [2.45, 2.75) is 39.2 Å². The lowest BCUT2D eigenvalue weighted by atomic mass is 9.75. The van der Waals surface area contributed by atoms with Gasteiger partial charge >= 0.3 is 0 Å². The summed E-state index contributed by atoms with van der Waals surface area (Å²) >= 11 is 0. The van der Waals surface area contributed by atoms with Crippen molar-refractivity contribution >= 4 is 0 Å². The second-order valence-corrected chi connectivity index (χ2v) is 9.65. The molecule has 0 aromatic heterocycles. The highest BCUT2D eigenvalue weighted by Crippen LogP contribution is 2.36. The largest absolute Gasteiger partial charge is 0.497 e. The minimum absolute atomic E-state index is 0.0845. The van der Waals surface area contributed by atoms with Gasteiger partial charge < -0.3 is 14.7 Å². The minimum atomic E-state index is -0.0845. The van der Waals surface area contributed by atoms with Gasteiger partial charge in [-0.15, -0.1) is 0 Å². The molecule has 168 valence electrons. The molecule has 5 nitrogen and oxygen atoms in total. The van der Waals surface area contributed by atoms with E-state index in [-0.39, 0.29) is 12.0 Å². The second-order valence-electron chi connectivity index (χ2n) is 9.65. The summed E-state index contributed by atoms with van der Waals surface area (Å²) in [5, 5.41) is 10.4. The quantitative estimate of drug-likeness (QED) is 0.637. The summed E-state index contributed by atoms with van der Waals surface area (Å²) in [6, 6.07) is 15.4. The third-order valence-corrected chi connectivity index (χ3v) is 7.14. The zero-order chi connectivity index (χ0) is 21.8. The molecule has 31 heavy (non-hydrogen) atoms. The number of aliphatic hydroxyl groups is 1. The number of piperidine rings is 1. The first-order valence-corrected chi connectivity index (χ1v) is 11.5. The first-order chi connectivity index (χ1) is 15.0. The predicted molar refractivity (Wildman–Crippen MR) is 125 cm³/mol. The van der Waals surface area contributed by atoms with Gasteiger partial charge in [-0.1, -0.05) is 35.9 Å². The highest BCUT2D eigenvalue weighted by molar-refractivity contribution is 5.34. The van der Waals surface area contributed by atoms with Crippen molar-refractivity contribution in [2.75, 3.05) is 39.9 Å². The number of methoxy groups -OCH3 is 1. The highest BCUT2D eigenvalue weighted by Gasteiger charge is 2.38. The standard InChI is InChI=1S/C26H37N3O2/c1-19-8-9-20(2)24(12-19)25-22(15-27-28-25)16-29-11-5-10-26(17-29,18-30)14-21-6-4-7-23(13-21)31-3/h4,6-9,12-13,22,25,27-28,30H,5,10-11,14-18H2,1-3H3. The molecule has 3 unspecified atom stereocenters. The first-order valence-electron chi connectivity index (χ1n) is 11.5. The molecule has 0 radical (unpaired) electrons. The smallest absolute Gasteiger partial charge is 0.119 e. The summed E-state index contributed by atoms with van der Waals surface area (Å²) in [5.41, 5.74) is 12.1. The number of nitrogens with one attached hydrogen (secondary N) is 2. The van der Waals surface area contributed by atoms with Gasteiger partial charge in [-0.25, -0.2) is 5.43 Å². The van der Waals surface area contributed by atoms with Gasteiger partial charge in [0, 0.05) is 31.0 Å². The van der Waals surface area contributed by atoms with Gasteiger partial charge in [-0.2, -0.15) is 0 Å². The molecular weight excluding hydrogens is 386 g/mol. The number of hydrazine groups is 1. The van der Waals surface area contributed by atoms with E-state index < -0.39 is 0 Å². The molecule has 0 bridgehead atoms. The molecule has 2 heterocycles. The summed E-state index contributed by atoms with van der Waals surface area (Å²) in [5.74, 6) is 1.39. The van der Waals surface area contributed by atoms with Crippen molar-refractivity contribution < 1.29 is 9.84 Å². The number of rotatable bonds is 7. The van der Waals surface area contributed by atoms with Crippen LogP contribution in [0, 0.1) is 25.2 Å². The van der Waals surface area contributed by atoms with Crippen LogP contribution in [0.2, 0.25) is 0 Å². The lowest BCUT2D eigenvalue weighted by Gasteiger charge is -2.43. The van der Waals surface area contributed by atoms with Crippen LogP contribution in [0.1, 0.15) is 41.1 Å². The summed E-state index contributed by atoms with van der Waals surface area (Å²) in [4.78, 5) is 2.58. The Balaban J connectivity index is 1.46. The van der Waals surface area contributed by atoms with Gasteiger partial charge in [0.2, 0.25) is 0 Å². The molecule has 0 saturated carbocycles. The van der Waals surface area contributed by atoms with Crippen LogP contribution < -0.4 is 15.6 Å². The van der Waals surface area contributed by atoms with E-state index in [0.29, 0.717) is 12.0 Å². The Labute approximate surface area is 186 Å². The molecule has 5 heteroatoms. The van der Waals surface area contributed by atoms with Crippen molar-refractivity contribution in [3.05, 3.63) is 64.7 Å². The van der Waals surface area contributed by atoms with Gasteiger partial charge in [0.05, 0.1) is 19.8 Å². The first kappa shape index (κ1) is 22.3. The van der Waals surface area contributed by atoms with Crippen LogP contribution in [0.3, 0.4) is 0 Å². The molecule has 0 aliphatic carbocycles. The SMILES string of the molecule is COc1cccc(CC2(CO)CCCN(CC3CNNC3c3cc(C)ccc3C)C2)c1. The Morgan fingerprint density at radius 3 is 2.87 bits per heavy atom. The zero-order valence-electron chi connectivity index (χ0n) is 19.2. The van der Waals surface area contributed by atoms with Crippen LogP contribution in [-0.2, 0) is 6.42 Å². The number of hydrogen-bond acceptors (Lipinski definition) is 5. The lowest BCUT2D eigenvalue weighted by molar-refractivity contribution is 0.0254. The van der Waals surface area contributed by atoms with Crippen LogP contribution in [0.25, 0.3) is 0 Å². The number of likely N-dealkylation sites (tertiary alicyclic amines) is 1. The van der Waals surface area contributed by atoms with Gasteiger partial charge in [-0.3, -0.25) is 5.43 Å². The molecule has 2 aromatic carbocycles. The zero-order valence-corrected chi connectivity index (χ0v) is 19.2. The third kappa shape index (κ3) is 5.12. The van der Waals surface area contributed by atoms with Crippen LogP contribution in [-0.4, -0.2) is 49.9 Å². The van der Waals surface area contributed by atoms with Crippen LogP contribution in [0.4, 0.5) is 0 Å². The second kappa shape index (κ2) is 9.70. The maximum Gasteiger partial charge on any atom is 0.119 e. The Kier molecular flexibility index (Phi) is 6.97. The molecule has 3 N–H and O–H groups in total. The topological polar surface area (TPSA) is 56.8 Å². The highest BCUT2D eigenvalue weighted by atomic mass is 16.5. The summed E-state index contributed by atoms with van der Waals surface area (Å²) in [7, 11) is 1.71. The summed E-state index contributed by atoms with van der Waals surface area (Å²) in [6.45, 7) is 8.65. The van der Waals surface area contributed by atoms with Crippen molar-refractivity contribution in [3.8, 4) is 5.75 Å². The maximum atomic E-state index is 10.4. The molecule has 4 rings (SSSR count). The van der Waals surface area contributed by atoms with E-state index >= 15 is 0 Å². The normalized spacial score (nSPS) is 26.8. The summed E-state index contributed by atoms with van der Waals surface area (Å²) in [6.07, 6.45) is 3.09. The Morgan fingerprint density at radius 2 is 2.06 bits per heavy atom. The van der Waals surface area contributed by atoms with Gasteiger partial charge in [0.25, 0.3) is 0 Å². The van der Waals surface area contributed by atoms with E-state index in [0.717, 1.165) is 51.2 Å². The van der Waals surface area contributed by atoms with Gasteiger partial charge in [-0.05, 0) is 68.5 Å². The van der Waals surface area contributed by atoms with E-state index in [1.807, 2.05) is 12.1 Å². The average molecular weight is 424 g/mol. The minimum Gasteiger partial charge on any atom is -0.497 e. The van der Waals surface area contributed by atoms with E-state index in [2.05, 4.69) is 59.9 Å². The Hall–Kier alpha value is -1.92. The Morgan fingerprint density at radius 1 is 1.19 bits per heavy atom. The summed E-state index contributed by atoms with van der Waals surface area (Å²) < 4.78 is 5.41. The van der Waals surface area contributed by atoms with E-state index in [1.54, 1.807) is 7.11 Å². The Bertz CT molecular complexity index is 887. The third-order valence-electron chi connectivity index (χ3n) is 7.14. The maximum absolute atomic E-state index is 10.4. The number of benzene rings is 2. The average Bonchev–Trinajstić information content (AvgIpc) is 3.23. The van der Waals surface area contributed by atoms with E-state index in [4.69, 9.17) is 4.74 Å². The molecular formula is C26H37N3O2. The number of ether oxygens (including phenoxy) is 1. The van der Waals surface area contributed by atoms with E-state index in [9.17, 15) is 5.11 Å². The molecule has 2 aliphatic heterocycles. The van der Waals surface area contributed by atoms with Crippen LogP contribution in [0.5, 0.6) is 5.75 Å². The van der Waals surface area contributed by atoms with Crippen LogP contribution >= 0.6 is 0 Å². The number of aryl methyl sites for hydroxylation is 2. The number of hydrogen-bond donors (Lipinski definition) is 3. The van der Waals surface area contributed by atoms with Crippen molar-refractivity contribution in [1.82, 2.24) is 15.8 Å². The van der Waals surface area contributed by atoms with Crippen LogP contribution in [0.15, 0.2) is 42.5 Å². The van der Waals surface area contributed by atoms with Gasteiger partial charge in [0.15, 0.2) is 0 Å². The van der Waals surface area contributed by atoms with Crippen molar-refractivity contribution in [2.24, 2.45) is 11.3 Å². The molecule has 3 atom stereocenters. The molecule has 2 fully saturated rings. The number of nitrogens with zero attached hydrogens (tertiary/aromatic N) is 1. The predicted octanol–water partition coefficient (Wildman–Crippen LogP) is 3.39. The molecule has 2 aromatic rings. The molecule has 2 saturated heterocycles. The molecule has 2 aliphatic rings. The van der Waals surface area contributed by atoms with Crippen molar-refractivity contribution in [1.29, 1.82) is 0 Å².